The SMILES string of the molecule is CN(C)CCN(CC1CCCCC1)C(=O)CCNS(C)(=O)=O. The van der Waals surface area contributed by atoms with Crippen molar-refractivity contribution in [3.05, 3.63) is 0 Å². The van der Waals surface area contributed by atoms with Crippen LogP contribution in [0.3, 0.4) is 0 Å². The molecule has 0 bridgehead atoms. The summed E-state index contributed by atoms with van der Waals surface area (Å²) < 4.78 is 24.5. The van der Waals surface area contributed by atoms with Gasteiger partial charge in [-0.1, -0.05) is 19.3 Å². The van der Waals surface area contributed by atoms with Crippen LogP contribution in [0, 0.1) is 5.92 Å². The zero-order chi connectivity index (χ0) is 16.6. The third-order valence-corrected chi connectivity index (χ3v) is 4.80. The topological polar surface area (TPSA) is 69.7 Å². The first kappa shape index (κ1) is 19.4. The van der Waals surface area contributed by atoms with Crippen molar-refractivity contribution in [3.63, 3.8) is 0 Å². The molecule has 22 heavy (non-hydrogen) atoms. The number of sulfonamides is 1. The largest absolute Gasteiger partial charge is 0.341 e. The highest BCUT2D eigenvalue weighted by Gasteiger charge is 2.21. The van der Waals surface area contributed by atoms with Crippen molar-refractivity contribution in [1.29, 1.82) is 0 Å². The smallest absolute Gasteiger partial charge is 0.223 e. The molecule has 0 aromatic rings. The number of likely N-dealkylation sites (N-methyl/N-ethyl adjacent to an activating group) is 1. The number of nitrogens with one attached hydrogen (secondary N) is 1. The Hall–Kier alpha value is -0.660. The van der Waals surface area contributed by atoms with Crippen LogP contribution in [0.5, 0.6) is 0 Å². The Balaban J connectivity index is 2.49. The van der Waals surface area contributed by atoms with Crippen LogP contribution in [-0.4, -0.2) is 70.7 Å². The lowest BCUT2D eigenvalue weighted by Gasteiger charge is -2.30. The van der Waals surface area contributed by atoms with Crippen LogP contribution >= 0.6 is 0 Å². The maximum absolute atomic E-state index is 12.4. The van der Waals surface area contributed by atoms with E-state index in [-0.39, 0.29) is 18.9 Å². The van der Waals surface area contributed by atoms with Crippen molar-refractivity contribution < 1.29 is 13.2 Å². The summed E-state index contributed by atoms with van der Waals surface area (Å²) in [6.07, 6.45) is 7.57. The number of nitrogens with zero attached hydrogens (tertiary/aromatic N) is 2. The van der Waals surface area contributed by atoms with Gasteiger partial charge in [-0.2, -0.15) is 0 Å². The Kier molecular flexibility index (Phi) is 8.35. The van der Waals surface area contributed by atoms with E-state index in [0.29, 0.717) is 12.5 Å². The van der Waals surface area contributed by atoms with E-state index >= 15 is 0 Å². The predicted octanol–water partition coefficient (Wildman–Crippen LogP) is 0.896. The molecule has 7 heteroatoms. The van der Waals surface area contributed by atoms with E-state index in [9.17, 15) is 13.2 Å². The van der Waals surface area contributed by atoms with E-state index in [4.69, 9.17) is 0 Å². The molecule has 1 N–H and O–H groups in total. The molecule has 0 aromatic heterocycles. The Morgan fingerprint density at radius 2 is 1.77 bits per heavy atom. The summed E-state index contributed by atoms with van der Waals surface area (Å²) in [5, 5.41) is 0. The van der Waals surface area contributed by atoms with Gasteiger partial charge < -0.3 is 9.80 Å². The van der Waals surface area contributed by atoms with Gasteiger partial charge in [-0.25, -0.2) is 13.1 Å². The van der Waals surface area contributed by atoms with Crippen LogP contribution in [-0.2, 0) is 14.8 Å². The summed E-state index contributed by atoms with van der Waals surface area (Å²) in [7, 11) is 0.762. The highest BCUT2D eigenvalue weighted by Crippen LogP contribution is 2.24. The Morgan fingerprint density at radius 3 is 2.32 bits per heavy atom. The lowest BCUT2D eigenvalue weighted by atomic mass is 9.89. The number of rotatable bonds is 9. The molecule has 0 atom stereocenters. The molecule has 1 aliphatic carbocycles. The van der Waals surface area contributed by atoms with Gasteiger partial charge in [0.05, 0.1) is 6.26 Å². The van der Waals surface area contributed by atoms with Crippen molar-refractivity contribution in [2.75, 3.05) is 46.5 Å². The van der Waals surface area contributed by atoms with E-state index < -0.39 is 10.0 Å². The average Bonchev–Trinajstić information content (AvgIpc) is 2.42. The maximum atomic E-state index is 12.4. The molecule has 0 aromatic carbocycles. The molecule has 1 amide bonds. The molecular weight excluding hydrogens is 302 g/mol. The van der Waals surface area contributed by atoms with Crippen molar-refractivity contribution in [2.24, 2.45) is 5.92 Å². The van der Waals surface area contributed by atoms with Crippen molar-refractivity contribution >= 4 is 15.9 Å². The van der Waals surface area contributed by atoms with Gasteiger partial charge in [0.25, 0.3) is 0 Å². The van der Waals surface area contributed by atoms with Gasteiger partial charge in [-0.15, -0.1) is 0 Å². The van der Waals surface area contributed by atoms with Crippen LogP contribution in [0.2, 0.25) is 0 Å². The van der Waals surface area contributed by atoms with Crippen molar-refractivity contribution in [3.8, 4) is 0 Å². The lowest BCUT2D eigenvalue weighted by Crippen LogP contribution is -2.41. The second-order valence-corrected chi connectivity index (χ2v) is 8.40. The molecule has 0 spiro atoms. The second kappa shape index (κ2) is 9.47. The van der Waals surface area contributed by atoms with Gasteiger partial charge in [0.15, 0.2) is 0 Å². The molecule has 130 valence electrons. The molecule has 0 radical (unpaired) electrons. The standard InChI is InChI=1S/C15H31N3O3S/c1-17(2)11-12-18(13-14-7-5-4-6-8-14)15(19)9-10-16-22(3,20)21/h14,16H,4-13H2,1-3H3. The number of carbonyl (C=O) groups excluding carboxylic acids is 1. The summed E-state index contributed by atoms with van der Waals surface area (Å²) in [6.45, 7) is 2.53. The van der Waals surface area contributed by atoms with Gasteiger partial charge >= 0.3 is 0 Å². The third kappa shape index (κ3) is 8.70. The Bertz CT molecular complexity index is 431. The van der Waals surface area contributed by atoms with Crippen LogP contribution in [0.4, 0.5) is 0 Å². The highest BCUT2D eigenvalue weighted by atomic mass is 32.2. The molecule has 1 fully saturated rings. The zero-order valence-corrected chi connectivity index (χ0v) is 15.0. The van der Waals surface area contributed by atoms with Crippen LogP contribution in [0.25, 0.3) is 0 Å². The fraction of sp³-hybridized carbons (Fsp3) is 0.933. The van der Waals surface area contributed by atoms with E-state index in [1.54, 1.807) is 0 Å². The third-order valence-electron chi connectivity index (χ3n) is 4.08. The maximum Gasteiger partial charge on any atom is 0.223 e. The van der Waals surface area contributed by atoms with E-state index in [1.807, 2.05) is 19.0 Å². The molecule has 0 unspecified atom stereocenters. The normalized spacial score (nSPS) is 16.9. The molecule has 1 aliphatic rings. The molecule has 0 heterocycles. The highest BCUT2D eigenvalue weighted by molar-refractivity contribution is 7.88. The number of hydrogen-bond acceptors (Lipinski definition) is 4. The summed E-state index contributed by atoms with van der Waals surface area (Å²) >= 11 is 0. The summed E-state index contributed by atoms with van der Waals surface area (Å²) in [4.78, 5) is 16.4. The quantitative estimate of drug-likeness (QED) is 0.680. The predicted molar refractivity (Wildman–Crippen MR) is 89.2 cm³/mol. The Morgan fingerprint density at radius 1 is 1.14 bits per heavy atom. The first-order valence-electron chi connectivity index (χ1n) is 8.15. The molecule has 1 rings (SSSR count). The number of carbonyl (C=O) groups is 1. The molecule has 0 aliphatic heterocycles. The monoisotopic (exact) mass is 333 g/mol. The minimum Gasteiger partial charge on any atom is -0.341 e. The van der Waals surface area contributed by atoms with Gasteiger partial charge in [-0.3, -0.25) is 4.79 Å². The zero-order valence-electron chi connectivity index (χ0n) is 14.2. The van der Waals surface area contributed by atoms with Crippen LogP contribution in [0.1, 0.15) is 38.5 Å². The second-order valence-electron chi connectivity index (χ2n) is 6.56. The number of hydrogen-bond donors (Lipinski definition) is 1. The van der Waals surface area contributed by atoms with E-state index in [1.165, 1.54) is 32.1 Å². The lowest BCUT2D eigenvalue weighted by molar-refractivity contribution is -0.132. The fourth-order valence-corrected chi connectivity index (χ4v) is 3.29. The van der Waals surface area contributed by atoms with Crippen molar-refractivity contribution in [2.45, 2.75) is 38.5 Å². The molecular formula is C15H31N3O3S. The van der Waals surface area contributed by atoms with Gasteiger partial charge in [0.1, 0.15) is 0 Å². The minimum atomic E-state index is -3.23. The number of amides is 1. The first-order valence-corrected chi connectivity index (χ1v) is 10.0. The summed E-state index contributed by atoms with van der Waals surface area (Å²) in [5.41, 5.74) is 0. The van der Waals surface area contributed by atoms with Gasteiger partial charge in [-0.05, 0) is 32.9 Å². The van der Waals surface area contributed by atoms with Crippen molar-refractivity contribution in [1.82, 2.24) is 14.5 Å². The average molecular weight is 333 g/mol. The summed E-state index contributed by atoms with van der Waals surface area (Å²) in [5.74, 6) is 0.645. The minimum absolute atomic E-state index is 0.0450. The van der Waals surface area contributed by atoms with E-state index in [2.05, 4.69) is 9.62 Å². The van der Waals surface area contributed by atoms with Crippen LogP contribution < -0.4 is 4.72 Å². The summed E-state index contributed by atoms with van der Waals surface area (Å²) in [6, 6.07) is 0. The molecule has 0 saturated heterocycles. The fourth-order valence-electron chi connectivity index (χ4n) is 2.82. The van der Waals surface area contributed by atoms with E-state index in [0.717, 1.165) is 19.3 Å². The van der Waals surface area contributed by atoms with Gasteiger partial charge in [0, 0.05) is 32.6 Å². The Labute approximate surface area is 135 Å². The molecule has 6 nitrogen and oxygen atoms in total. The van der Waals surface area contributed by atoms with Gasteiger partial charge in [0.2, 0.25) is 15.9 Å². The van der Waals surface area contributed by atoms with Crippen LogP contribution in [0.15, 0.2) is 0 Å². The molecule has 1 saturated carbocycles. The first-order chi connectivity index (χ1) is 10.3.